The fourth-order valence-electron chi connectivity index (χ4n) is 3.21. The fourth-order valence-corrected chi connectivity index (χ4v) is 3.21. The van der Waals surface area contributed by atoms with Crippen molar-refractivity contribution in [2.75, 3.05) is 0 Å². The van der Waals surface area contributed by atoms with Crippen molar-refractivity contribution in [3.8, 4) is 0 Å². The van der Waals surface area contributed by atoms with Crippen molar-refractivity contribution in [2.45, 2.75) is 52.9 Å². The van der Waals surface area contributed by atoms with Gasteiger partial charge in [-0.05, 0) is 36.1 Å². The summed E-state index contributed by atoms with van der Waals surface area (Å²) >= 11 is 0. The SMILES string of the molecule is CCc1ccc(C(C(=O)CCc2ccc(F)c(F)c2)C(=O)C(C)(C)C)c([N+](=O)[O-])c1. The molecule has 0 heterocycles. The molecule has 0 aliphatic heterocycles. The average Bonchev–Trinajstić information content (AvgIpc) is 2.68. The lowest BCUT2D eigenvalue weighted by atomic mass is 9.76. The van der Waals surface area contributed by atoms with E-state index in [9.17, 15) is 28.5 Å². The number of nitrogens with zero attached hydrogens (tertiary/aromatic N) is 1. The first kappa shape index (κ1) is 23.3. The number of carbonyl (C=O) groups excluding carboxylic acids is 2. The predicted octanol–water partition coefficient (Wildman–Crippen LogP) is 5.34. The van der Waals surface area contributed by atoms with E-state index in [0.717, 1.165) is 17.7 Å². The molecule has 0 aliphatic carbocycles. The van der Waals surface area contributed by atoms with Gasteiger partial charge in [-0.2, -0.15) is 0 Å². The van der Waals surface area contributed by atoms with Gasteiger partial charge in [0, 0.05) is 23.5 Å². The molecule has 0 bridgehead atoms. The number of aryl methyl sites for hydroxylation is 2. The molecule has 1 atom stereocenters. The van der Waals surface area contributed by atoms with Gasteiger partial charge < -0.3 is 0 Å². The van der Waals surface area contributed by atoms with Crippen LogP contribution in [0.2, 0.25) is 0 Å². The Kier molecular flexibility index (Phi) is 7.18. The van der Waals surface area contributed by atoms with Crippen LogP contribution in [0.15, 0.2) is 36.4 Å². The summed E-state index contributed by atoms with van der Waals surface area (Å²) in [7, 11) is 0. The van der Waals surface area contributed by atoms with Gasteiger partial charge in [-0.3, -0.25) is 19.7 Å². The standard InChI is InChI=1S/C23H25F2NO4/c1-5-14-6-9-16(19(13-14)26(29)30)21(22(28)23(2,3)4)20(27)11-8-15-7-10-17(24)18(25)12-15/h6-7,9-10,12-13,21H,5,8,11H2,1-4H3. The van der Waals surface area contributed by atoms with Crippen LogP contribution in [-0.2, 0) is 22.4 Å². The molecule has 0 spiro atoms. The highest BCUT2D eigenvalue weighted by atomic mass is 19.2. The number of nitro benzene ring substituents is 1. The third kappa shape index (κ3) is 5.34. The number of hydrogen-bond acceptors (Lipinski definition) is 4. The maximum Gasteiger partial charge on any atom is 0.274 e. The molecule has 1 unspecified atom stereocenters. The highest BCUT2D eigenvalue weighted by Crippen LogP contribution is 2.35. The molecule has 160 valence electrons. The first-order valence-corrected chi connectivity index (χ1v) is 9.73. The number of rotatable bonds is 8. The Balaban J connectivity index is 2.43. The van der Waals surface area contributed by atoms with Crippen molar-refractivity contribution >= 4 is 17.3 Å². The monoisotopic (exact) mass is 417 g/mol. The zero-order chi connectivity index (χ0) is 22.6. The van der Waals surface area contributed by atoms with Gasteiger partial charge >= 0.3 is 0 Å². The summed E-state index contributed by atoms with van der Waals surface area (Å²) in [6, 6.07) is 7.88. The molecule has 2 rings (SSSR count). The Labute approximate surface area is 174 Å². The third-order valence-electron chi connectivity index (χ3n) is 4.98. The summed E-state index contributed by atoms with van der Waals surface area (Å²) in [5.41, 5.74) is 0.0202. The van der Waals surface area contributed by atoms with Crippen LogP contribution in [0.1, 0.15) is 56.7 Å². The second-order valence-corrected chi connectivity index (χ2v) is 8.27. The second kappa shape index (κ2) is 9.24. The molecule has 5 nitrogen and oxygen atoms in total. The fraction of sp³-hybridized carbons (Fsp3) is 0.391. The average molecular weight is 417 g/mol. The van der Waals surface area contributed by atoms with Gasteiger partial charge in [0.05, 0.1) is 4.92 Å². The van der Waals surface area contributed by atoms with Crippen LogP contribution >= 0.6 is 0 Å². The molecule has 0 aliphatic rings. The molecule has 0 saturated carbocycles. The van der Waals surface area contributed by atoms with Gasteiger partial charge in [0.2, 0.25) is 0 Å². The molecule has 0 radical (unpaired) electrons. The van der Waals surface area contributed by atoms with E-state index in [-0.39, 0.29) is 24.1 Å². The zero-order valence-electron chi connectivity index (χ0n) is 17.5. The molecule has 2 aromatic rings. The van der Waals surface area contributed by atoms with E-state index in [1.54, 1.807) is 26.8 Å². The van der Waals surface area contributed by atoms with Crippen LogP contribution in [0.5, 0.6) is 0 Å². The van der Waals surface area contributed by atoms with Crippen LogP contribution in [0, 0.1) is 27.2 Å². The van der Waals surface area contributed by atoms with E-state index in [1.165, 1.54) is 18.2 Å². The van der Waals surface area contributed by atoms with E-state index in [2.05, 4.69) is 0 Å². The molecule has 7 heteroatoms. The minimum Gasteiger partial charge on any atom is -0.299 e. The number of Topliss-reactive ketones (excluding diaryl/α,β-unsaturated/α-hetero) is 2. The first-order chi connectivity index (χ1) is 14.0. The number of ketones is 2. The summed E-state index contributed by atoms with van der Waals surface area (Å²) in [5.74, 6) is -4.23. The summed E-state index contributed by atoms with van der Waals surface area (Å²) < 4.78 is 26.6. The lowest BCUT2D eigenvalue weighted by molar-refractivity contribution is -0.385. The minimum atomic E-state index is -1.30. The maximum atomic E-state index is 13.4. The normalized spacial score (nSPS) is 12.5. The summed E-state index contributed by atoms with van der Waals surface area (Å²) in [6.07, 6.45) is 0.526. The molecule has 2 aromatic carbocycles. The topological polar surface area (TPSA) is 77.3 Å². The van der Waals surface area contributed by atoms with Crippen molar-refractivity contribution in [3.05, 3.63) is 74.8 Å². The Morgan fingerprint density at radius 3 is 2.20 bits per heavy atom. The predicted molar refractivity (Wildman–Crippen MR) is 109 cm³/mol. The van der Waals surface area contributed by atoms with Crippen molar-refractivity contribution < 1.29 is 23.3 Å². The first-order valence-electron chi connectivity index (χ1n) is 9.73. The molecule has 0 N–H and O–H groups in total. The largest absolute Gasteiger partial charge is 0.299 e. The molecular formula is C23H25F2NO4. The van der Waals surface area contributed by atoms with Gasteiger partial charge in [0.15, 0.2) is 17.4 Å². The van der Waals surface area contributed by atoms with Gasteiger partial charge in [-0.1, -0.05) is 45.9 Å². The van der Waals surface area contributed by atoms with Crippen molar-refractivity contribution in [3.63, 3.8) is 0 Å². The summed E-state index contributed by atoms with van der Waals surface area (Å²) in [4.78, 5) is 37.2. The number of nitro groups is 1. The maximum absolute atomic E-state index is 13.4. The van der Waals surface area contributed by atoms with Gasteiger partial charge in [0.25, 0.3) is 5.69 Å². The molecular weight excluding hydrogens is 392 g/mol. The zero-order valence-corrected chi connectivity index (χ0v) is 17.5. The van der Waals surface area contributed by atoms with E-state index in [4.69, 9.17) is 0 Å². The Morgan fingerprint density at radius 1 is 1.03 bits per heavy atom. The van der Waals surface area contributed by atoms with Crippen molar-refractivity contribution in [2.24, 2.45) is 5.41 Å². The third-order valence-corrected chi connectivity index (χ3v) is 4.98. The molecule has 0 saturated heterocycles. The number of carbonyl (C=O) groups is 2. The number of hydrogen-bond donors (Lipinski definition) is 0. The number of halogens is 2. The summed E-state index contributed by atoms with van der Waals surface area (Å²) in [5, 5.41) is 11.6. The highest BCUT2D eigenvalue weighted by Gasteiger charge is 2.38. The van der Waals surface area contributed by atoms with E-state index < -0.39 is 39.5 Å². The lowest BCUT2D eigenvalue weighted by Gasteiger charge is -2.24. The van der Waals surface area contributed by atoms with Gasteiger partial charge in [-0.15, -0.1) is 0 Å². The van der Waals surface area contributed by atoms with Gasteiger partial charge in [-0.25, -0.2) is 8.78 Å². The van der Waals surface area contributed by atoms with Crippen LogP contribution < -0.4 is 0 Å². The van der Waals surface area contributed by atoms with Crippen LogP contribution in [0.4, 0.5) is 14.5 Å². The van der Waals surface area contributed by atoms with Crippen LogP contribution in [0.3, 0.4) is 0 Å². The van der Waals surface area contributed by atoms with E-state index in [0.29, 0.717) is 12.0 Å². The highest BCUT2D eigenvalue weighted by molar-refractivity contribution is 6.10. The summed E-state index contributed by atoms with van der Waals surface area (Å²) in [6.45, 7) is 6.80. The minimum absolute atomic E-state index is 0.0624. The second-order valence-electron chi connectivity index (χ2n) is 8.27. The van der Waals surface area contributed by atoms with Crippen LogP contribution in [0.25, 0.3) is 0 Å². The molecule has 0 amide bonds. The smallest absolute Gasteiger partial charge is 0.274 e. The quantitative estimate of drug-likeness (QED) is 0.330. The lowest BCUT2D eigenvalue weighted by Crippen LogP contribution is -2.32. The molecule has 30 heavy (non-hydrogen) atoms. The van der Waals surface area contributed by atoms with E-state index >= 15 is 0 Å². The van der Waals surface area contributed by atoms with E-state index in [1.807, 2.05) is 6.92 Å². The Bertz CT molecular complexity index is 980. The van der Waals surface area contributed by atoms with Gasteiger partial charge in [0.1, 0.15) is 11.7 Å². The Hall–Kier alpha value is -2.96. The van der Waals surface area contributed by atoms with Crippen molar-refractivity contribution in [1.29, 1.82) is 0 Å². The Morgan fingerprint density at radius 2 is 1.67 bits per heavy atom. The van der Waals surface area contributed by atoms with Crippen LogP contribution in [-0.4, -0.2) is 16.5 Å². The molecule has 0 aromatic heterocycles. The van der Waals surface area contributed by atoms with Crippen molar-refractivity contribution in [1.82, 2.24) is 0 Å². The molecule has 0 fully saturated rings. The number of benzene rings is 2.